The van der Waals surface area contributed by atoms with Gasteiger partial charge >= 0.3 is 17.1 Å². The van der Waals surface area contributed by atoms with Crippen LogP contribution in [-0.4, -0.2) is 43.4 Å². The summed E-state index contributed by atoms with van der Waals surface area (Å²) in [5, 5.41) is 10.3. The smallest absolute Gasteiger partial charge is 0.610 e. The van der Waals surface area contributed by atoms with Crippen molar-refractivity contribution in [1.29, 1.82) is 0 Å². The average Bonchev–Trinajstić information content (AvgIpc) is 3.23. The van der Waals surface area contributed by atoms with Crippen LogP contribution in [0.5, 0.6) is 0 Å². The van der Waals surface area contributed by atoms with Gasteiger partial charge in [-0.3, -0.25) is 0 Å². The van der Waals surface area contributed by atoms with Gasteiger partial charge in [0.15, 0.2) is 0 Å². The molecule has 0 saturated heterocycles. The molecule has 0 aromatic heterocycles. The van der Waals surface area contributed by atoms with Crippen molar-refractivity contribution in [3.05, 3.63) is 218 Å². The minimum Gasteiger partial charge on any atom is -0.610 e. The quantitative estimate of drug-likeness (QED) is 0.0659. The summed E-state index contributed by atoms with van der Waals surface area (Å²) in [6.45, 7) is 0. The van der Waals surface area contributed by atoms with Gasteiger partial charge in [-0.05, 0) is 105 Å². The molecule has 0 aliphatic heterocycles. The van der Waals surface area contributed by atoms with Gasteiger partial charge in [-0.25, -0.2) is 0 Å². The Morgan fingerprint density at radius 2 is 0.519 bits per heavy atom. The molecule has 7 heteroatoms. The first kappa shape index (κ1) is 41.5. The van der Waals surface area contributed by atoms with Crippen LogP contribution in [0.3, 0.4) is 0 Å². The zero-order chi connectivity index (χ0) is 36.7. The number of hydrogen-bond acceptors (Lipinski definition) is 1. The largest absolute Gasteiger partial charge is 2.00 e. The Hall–Kier alpha value is -3.67. The van der Waals surface area contributed by atoms with Gasteiger partial charge in [0.05, 0.1) is 31.8 Å². The summed E-state index contributed by atoms with van der Waals surface area (Å²) in [6, 6.07) is 84.0. The molecular formula is C47H51BFeN2P3+3. The molecule has 7 rings (SSSR count). The van der Waals surface area contributed by atoms with Crippen molar-refractivity contribution in [1.82, 2.24) is 5.01 Å². The number of hydrogen-bond donors (Lipinski definition) is 0. The molecule has 2 nitrogen and oxygen atoms in total. The number of nitrogens with one attached hydrogen (secondary N) is 1. The van der Waals surface area contributed by atoms with Crippen molar-refractivity contribution >= 4 is 67.2 Å². The summed E-state index contributed by atoms with van der Waals surface area (Å²) in [5.74, 6) is 6.42. The fraction of sp³-hybridized carbons (Fsp3) is 0.106. The molecule has 0 radical (unpaired) electrons. The molecule has 0 aliphatic rings. The van der Waals surface area contributed by atoms with Gasteiger partial charge in [-0.2, -0.15) is 5.46 Å². The van der Waals surface area contributed by atoms with Gasteiger partial charge < -0.3 is 10.9 Å². The van der Waals surface area contributed by atoms with Crippen LogP contribution < -0.4 is 37.3 Å². The van der Waals surface area contributed by atoms with Crippen LogP contribution in [0.4, 0.5) is 0 Å². The van der Waals surface area contributed by atoms with E-state index < -0.39 is 29.9 Å². The minimum atomic E-state index is -1.16. The zero-order valence-corrected chi connectivity index (χ0v) is 35.3. The van der Waals surface area contributed by atoms with Gasteiger partial charge in [-0.1, -0.05) is 140 Å². The second-order valence-electron chi connectivity index (χ2n) is 14.0. The van der Waals surface area contributed by atoms with Crippen LogP contribution in [0.25, 0.3) is 5.84 Å². The molecule has 0 aliphatic carbocycles. The molecule has 1 N–H and O–H groups in total. The molecule has 0 spiro atoms. The summed E-state index contributed by atoms with van der Waals surface area (Å²) in [6.07, 6.45) is -1.09. The van der Waals surface area contributed by atoms with Crippen molar-refractivity contribution in [3.8, 4) is 0 Å². The van der Waals surface area contributed by atoms with E-state index in [1.54, 1.807) is 19.6 Å². The van der Waals surface area contributed by atoms with E-state index in [1.165, 1.54) is 55.0 Å². The predicted octanol–water partition coefficient (Wildman–Crippen LogP) is 8.07. The second-order valence-corrected chi connectivity index (χ2v) is 21.6. The van der Waals surface area contributed by atoms with Crippen LogP contribution >= 0.6 is 23.8 Å². The molecule has 7 aromatic carbocycles. The Balaban J connectivity index is 0.00000107. The molecule has 272 valence electrons. The van der Waals surface area contributed by atoms with E-state index in [1.807, 2.05) is 0 Å². The van der Waals surface area contributed by atoms with E-state index in [4.69, 9.17) is 5.84 Å². The summed E-state index contributed by atoms with van der Waals surface area (Å²) in [7, 11) is -0.142. The summed E-state index contributed by atoms with van der Waals surface area (Å²) >= 11 is 0. The van der Waals surface area contributed by atoms with Crippen LogP contribution in [-0.2, 0) is 17.1 Å². The predicted molar refractivity (Wildman–Crippen MR) is 246 cm³/mol. The van der Waals surface area contributed by atoms with E-state index in [-0.39, 0.29) is 17.1 Å². The Bertz CT molecular complexity index is 1720. The second kappa shape index (κ2) is 21.4. The minimum absolute atomic E-state index is 0. The monoisotopic (exact) mass is 803 g/mol. The van der Waals surface area contributed by atoms with Gasteiger partial charge in [-0.15, -0.1) is 0 Å². The Morgan fingerprint density at radius 1 is 0.352 bits per heavy atom. The van der Waals surface area contributed by atoms with E-state index in [0.717, 1.165) is 0 Å². The van der Waals surface area contributed by atoms with Crippen molar-refractivity contribution in [3.63, 3.8) is 0 Å². The number of nitrogens with zero attached hydrogens (tertiary/aromatic N) is 1. The normalized spacial score (nSPS) is 11.2. The van der Waals surface area contributed by atoms with Crippen LogP contribution in [0.15, 0.2) is 212 Å². The molecule has 0 unspecified atom stereocenters. The van der Waals surface area contributed by atoms with Crippen molar-refractivity contribution < 1.29 is 17.1 Å². The van der Waals surface area contributed by atoms with Crippen molar-refractivity contribution in [2.45, 2.75) is 0 Å². The Labute approximate surface area is 337 Å². The first-order chi connectivity index (χ1) is 26.0. The molecule has 0 fully saturated rings. The molecular weight excluding hydrogens is 752 g/mol. The molecule has 0 saturated carbocycles. The fourth-order valence-electron chi connectivity index (χ4n) is 7.65. The Kier molecular flexibility index (Phi) is 16.5. The van der Waals surface area contributed by atoms with Crippen LogP contribution in [0.2, 0.25) is 0 Å². The third kappa shape index (κ3) is 11.4. The Morgan fingerprint density at radius 3 is 0.704 bits per heavy atom. The van der Waals surface area contributed by atoms with Crippen LogP contribution in [0, 0.1) is 0 Å². The molecule has 0 bridgehead atoms. The summed E-state index contributed by atoms with van der Waals surface area (Å²) in [5.41, 5.74) is 1.54. The molecule has 0 heterocycles. The van der Waals surface area contributed by atoms with Gasteiger partial charge in [0.1, 0.15) is 6.15 Å². The van der Waals surface area contributed by atoms with E-state index >= 15 is 0 Å². The molecule has 54 heavy (non-hydrogen) atoms. The number of benzene rings is 7. The molecule has 0 amide bonds. The van der Waals surface area contributed by atoms with E-state index in [0.29, 0.717) is 0 Å². The third-order valence-electron chi connectivity index (χ3n) is 10.0. The third-order valence-corrected chi connectivity index (χ3v) is 19.8. The summed E-state index contributed by atoms with van der Waals surface area (Å²) in [4.78, 5) is 0. The van der Waals surface area contributed by atoms with Crippen molar-refractivity contribution in [2.24, 2.45) is 0 Å². The maximum atomic E-state index is 6.42. The maximum absolute atomic E-state index is 6.42. The average molecular weight is 804 g/mol. The molecule has 7 aromatic rings. The van der Waals surface area contributed by atoms with Gasteiger partial charge in [0.2, 0.25) is 0 Å². The topological polar surface area (TPSA) is 27.0 Å². The number of rotatable bonds is 13. The SMILES string of the molecule is CN(C)[NH-].[Fe+2].c1ccc([PH+](C[B-](C[PH+](c2ccccc2)c2ccccc2)(C[PH+](c2ccccc2)c2ccccc2)c2ccccc2)c2ccccc2)cc1. The van der Waals surface area contributed by atoms with E-state index in [2.05, 4.69) is 212 Å². The first-order valence-electron chi connectivity index (χ1n) is 18.6. The molecule has 0 atom stereocenters. The first-order valence-corrected chi connectivity index (χ1v) is 23.7. The van der Waals surface area contributed by atoms with Crippen molar-refractivity contribution in [2.75, 3.05) is 32.3 Å². The van der Waals surface area contributed by atoms with Gasteiger partial charge in [0, 0.05) is 23.8 Å². The van der Waals surface area contributed by atoms with Gasteiger partial charge in [0.25, 0.3) is 0 Å². The zero-order valence-electron chi connectivity index (χ0n) is 31.2. The summed E-state index contributed by atoms with van der Waals surface area (Å²) < 4.78 is 0. The standard InChI is InChI=1S/C45H41BP3.C2H7N2.Fe/c1-8-22-39(23-9-1)46(36-47(40-24-10-2-11-25-40)41-26-12-3-13-27-41,37-48(42-28-14-4-15-29-42)43-30-16-5-17-31-43)38-49(44-32-18-6-19-33-44)45-34-20-7-21-35-45;1-4(2)3;/h1-35H,36-38H2;3H,1-2H3;/q2*-1;+2/p+3. The van der Waals surface area contributed by atoms with E-state index in [9.17, 15) is 0 Å². The fourth-order valence-corrected chi connectivity index (χ4v) is 18.4. The van der Waals surface area contributed by atoms with Crippen LogP contribution in [0.1, 0.15) is 0 Å². The maximum Gasteiger partial charge on any atom is 2.00 e.